The van der Waals surface area contributed by atoms with E-state index in [1.165, 1.54) is 0 Å². The average molecular weight is 412 g/mol. The summed E-state index contributed by atoms with van der Waals surface area (Å²) in [7, 11) is 0. The first-order chi connectivity index (χ1) is 14.3. The van der Waals surface area contributed by atoms with E-state index in [1.54, 1.807) is 12.1 Å². The first kappa shape index (κ1) is 21.6. The molecule has 1 heterocycles. The van der Waals surface area contributed by atoms with Crippen LogP contribution in [-0.2, 0) is 20.7 Å². The fraction of sp³-hybridized carbons (Fsp3) is 0.391. The number of nitrogens with one attached hydrogen (secondary N) is 2. The molecule has 0 saturated carbocycles. The SMILES string of the molecule is CC(C)(C)OC(=O)Nc1ccc(CC(=O)Nc2ccc(N3CCOCC3)cc2)cc1. The predicted molar refractivity (Wildman–Crippen MR) is 118 cm³/mol. The number of morpholine rings is 1. The molecule has 3 rings (SSSR count). The number of anilines is 3. The minimum atomic E-state index is -0.553. The van der Waals surface area contributed by atoms with Crippen LogP contribution in [0, 0.1) is 0 Å². The van der Waals surface area contributed by atoms with E-state index in [2.05, 4.69) is 15.5 Å². The molecule has 1 aliphatic rings. The predicted octanol–water partition coefficient (Wildman–Crippen LogP) is 4.05. The van der Waals surface area contributed by atoms with E-state index in [-0.39, 0.29) is 12.3 Å². The molecule has 0 unspecified atom stereocenters. The molecule has 0 spiro atoms. The smallest absolute Gasteiger partial charge is 0.412 e. The molecule has 2 N–H and O–H groups in total. The molecule has 0 atom stereocenters. The molecule has 1 aliphatic heterocycles. The first-order valence-electron chi connectivity index (χ1n) is 10.1. The third-order valence-electron chi connectivity index (χ3n) is 4.49. The van der Waals surface area contributed by atoms with Gasteiger partial charge in [-0.25, -0.2) is 4.79 Å². The highest BCUT2D eigenvalue weighted by molar-refractivity contribution is 5.92. The Morgan fingerprint density at radius 3 is 2.10 bits per heavy atom. The minimum Gasteiger partial charge on any atom is -0.444 e. The number of rotatable bonds is 5. The van der Waals surface area contributed by atoms with Crippen molar-refractivity contribution in [3.05, 3.63) is 54.1 Å². The third-order valence-corrected chi connectivity index (χ3v) is 4.49. The lowest BCUT2D eigenvalue weighted by Gasteiger charge is -2.28. The van der Waals surface area contributed by atoms with Gasteiger partial charge in [0, 0.05) is 30.2 Å². The van der Waals surface area contributed by atoms with Crippen LogP contribution in [-0.4, -0.2) is 43.9 Å². The van der Waals surface area contributed by atoms with Crippen LogP contribution in [0.2, 0.25) is 0 Å². The monoisotopic (exact) mass is 411 g/mol. The van der Waals surface area contributed by atoms with E-state index in [4.69, 9.17) is 9.47 Å². The minimum absolute atomic E-state index is 0.0954. The summed E-state index contributed by atoms with van der Waals surface area (Å²) in [5.41, 5.74) is 2.81. The van der Waals surface area contributed by atoms with Crippen molar-refractivity contribution in [1.29, 1.82) is 0 Å². The third kappa shape index (κ3) is 6.77. The quantitative estimate of drug-likeness (QED) is 0.776. The highest BCUT2D eigenvalue weighted by Crippen LogP contribution is 2.19. The van der Waals surface area contributed by atoms with Gasteiger partial charge >= 0.3 is 6.09 Å². The van der Waals surface area contributed by atoms with Gasteiger partial charge in [0.25, 0.3) is 0 Å². The second-order valence-electron chi connectivity index (χ2n) is 8.20. The standard InChI is InChI=1S/C23H29N3O4/c1-23(2,3)30-22(28)25-19-6-4-17(5-7-19)16-21(27)24-18-8-10-20(11-9-18)26-12-14-29-15-13-26/h4-11H,12-16H2,1-3H3,(H,24,27)(H,25,28). The fourth-order valence-electron chi connectivity index (χ4n) is 3.10. The van der Waals surface area contributed by atoms with Crippen molar-refractivity contribution in [3.8, 4) is 0 Å². The zero-order chi connectivity index (χ0) is 21.6. The zero-order valence-electron chi connectivity index (χ0n) is 17.7. The lowest BCUT2D eigenvalue weighted by Crippen LogP contribution is -2.36. The molecule has 2 aromatic carbocycles. The Morgan fingerprint density at radius 2 is 1.50 bits per heavy atom. The van der Waals surface area contributed by atoms with Crippen LogP contribution in [0.5, 0.6) is 0 Å². The van der Waals surface area contributed by atoms with E-state index in [1.807, 2.05) is 57.2 Å². The number of nitrogens with zero attached hydrogens (tertiary/aromatic N) is 1. The molecule has 0 radical (unpaired) electrons. The molecule has 7 heteroatoms. The van der Waals surface area contributed by atoms with E-state index in [0.717, 1.165) is 43.2 Å². The summed E-state index contributed by atoms with van der Waals surface area (Å²) in [6.45, 7) is 8.67. The summed E-state index contributed by atoms with van der Waals surface area (Å²) < 4.78 is 10.6. The van der Waals surface area contributed by atoms with Crippen LogP contribution >= 0.6 is 0 Å². The Morgan fingerprint density at radius 1 is 0.933 bits per heavy atom. The van der Waals surface area contributed by atoms with E-state index < -0.39 is 11.7 Å². The Hall–Kier alpha value is -3.06. The molecule has 0 aromatic heterocycles. The van der Waals surface area contributed by atoms with Gasteiger partial charge in [-0.3, -0.25) is 10.1 Å². The van der Waals surface area contributed by atoms with Crippen molar-refractivity contribution in [2.24, 2.45) is 0 Å². The maximum atomic E-state index is 12.4. The number of benzene rings is 2. The van der Waals surface area contributed by atoms with Crippen LogP contribution < -0.4 is 15.5 Å². The van der Waals surface area contributed by atoms with Gasteiger partial charge in [-0.05, 0) is 62.7 Å². The maximum absolute atomic E-state index is 12.4. The number of hydrogen-bond acceptors (Lipinski definition) is 5. The normalized spacial score (nSPS) is 14.2. The fourth-order valence-corrected chi connectivity index (χ4v) is 3.10. The number of ether oxygens (including phenoxy) is 2. The van der Waals surface area contributed by atoms with Crippen molar-refractivity contribution >= 4 is 29.1 Å². The zero-order valence-corrected chi connectivity index (χ0v) is 17.7. The van der Waals surface area contributed by atoms with Crippen molar-refractivity contribution < 1.29 is 19.1 Å². The molecule has 2 aromatic rings. The topological polar surface area (TPSA) is 79.9 Å². The highest BCUT2D eigenvalue weighted by atomic mass is 16.6. The van der Waals surface area contributed by atoms with Gasteiger partial charge in [0.05, 0.1) is 19.6 Å². The van der Waals surface area contributed by atoms with Gasteiger partial charge in [-0.15, -0.1) is 0 Å². The Balaban J connectivity index is 1.49. The van der Waals surface area contributed by atoms with E-state index in [9.17, 15) is 9.59 Å². The molecule has 160 valence electrons. The molecular formula is C23H29N3O4. The highest BCUT2D eigenvalue weighted by Gasteiger charge is 2.16. The van der Waals surface area contributed by atoms with Crippen LogP contribution in [0.4, 0.5) is 21.9 Å². The van der Waals surface area contributed by atoms with Crippen LogP contribution in [0.3, 0.4) is 0 Å². The van der Waals surface area contributed by atoms with Crippen molar-refractivity contribution in [1.82, 2.24) is 0 Å². The lowest BCUT2D eigenvalue weighted by atomic mass is 10.1. The number of carbonyl (C=O) groups is 2. The summed E-state index contributed by atoms with van der Waals surface area (Å²) in [4.78, 5) is 26.4. The van der Waals surface area contributed by atoms with Crippen molar-refractivity contribution in [2.75, 3.05) is 41.8 Å². The number of hydrogen-bond donors (Lipinski definition) is 2. The summed E-state index contributed by atoms with van der Waals surface area (Å²) in [5, 5.41) is 5.60. The van der Waals surface area contributed by atoms with E-state index in [0.29, 0.717) is 5.69 Å². The Labute approximate surface area is 177 Å². The maximum Gasteiger partial charge on any atom is 0.412 e. The number of amides is 2. The van der Waals surface area contributed by atoms with Crippen molar-refractivity contribution in [2.45, 2.75) is 32.8 Å². The van der Waals surface area contributed by atoms with Gasteiger partial charge in [0.2, 0.25) is 5.91 Å². The first-order valence-corrected chi connectivity index (χ1v) is 10.1. The van der Waals surface area contributed by atoms with Gasteiger partial charge in [0.15, 0.2) is 0 Å². The molecule has 0 aliphatic carbocycles. The lowest BCUT2D eigenvalue weighted by molar-refractivity contribution is -0.115. The molecule has 7 nitrogen and oxygen atoms in total. The second kappa shape index (κ2) is 9.63. The summed E-state index contributed by atoms with van der Waals surface area (Å²) in [5.74, 6) is -0.0954. The Kier molecular flexibility index (Phi) is 6.95. The second-order valence-corrected chi connectivity index (χ2v) is 8.20. The van der Waals surface area contributed by atoms with Gasteiger partial charge < -0.3 is 19.7 Å². The van der Waals surface area contributed by atoms with Crippen molar-refractivity contribution in [3.63, 3.8) is 0 Å². The Bertz CT molecular complexity index is 852. The van der Waals surface area contributed by atoms with E-state index >= 15 is 0 Å². The molecule has 1 fully saturated rings. The number of carbonyl (C=O) groups excluding carboxylic acids is 2. The summed E-state index contributed by atoms with van der Waals surface area (Å²) >= 11 is 0. The molecular weight excluding hydrogens is 382 g/mol. The summed E-state index contributed by atoms with van der Waals surface area (Å²) in [6, 6.07) is 15.0. The molecule has 0 bridgehead atoms. The molecule has 30 heavy (non-hydrogen) atoms. The van der Waals surface area contributed by atoms with Gasteiger partial charge in [-0.1, -0.05) is 12.1 Å². The van der Waals surface area contributed by atoms with Gasteiger partial charge in [0.1, 0.15) is 5.60 Å². The molecule has 2 amide bonds. The average Bonchev–Trinajstić information content (AvgIpc) is 2.69. The van der Waals surface area contributed by atoms with Crippen LogP contribution in [0.15, 0.2) is 48.5 Å². The van der Waals surface area contributed by atoms with Crippen LogP contribution in [0.25, 0.3) is 0 Å². The molecule has 1 saturated heterocycles. The summed E-state index contributed by atoms with van der Waals surface area (Å²) in [6.07, 6.45) is -0.258. The van der Waals surface area contributed by atoms with Crippen LogP contribution in [0.1, 0.15) is 26.3 Å². The van der Waals surface area contributed by atoms with Gasteiger partial charge in [-0.2, -0.15) is 0 Å². The largest absolute Gasteiger partial charge is 0.444 e.